The van der Waals surface area contributed by atoms with Crippen molar-refractivity contribution in [2.24, 2.45) is 35.5 Å². The Morgan fingerprint density at radius 2 is 0.650 bits per heavy atom. The number of piperidine rings is 6. The molecule has 13 saturated heterocycles. The second kappa shape index (κ2) is 52.5. The SMILES string of the molecule is COC(=O)C1=CCC2CC[C@H]1N2C.COC(=O)[C@H]1[C@@H](c2cc[c]([Sn]([CH3])([CH3])[CH3])cc2)C[C@@H]2CC[C@H]1N2CCCF.COC(=O)[C@H]1[C@@H](c2ccc(C)cc2)C[C@@H]2CC[C@H]1N2CCCF.COC(=O)[C@H]1[C@@H](c2ccc(I)cc2)CC2CC[C@H]1N2C.COC(=O)[C@H]1[C@@H](c2ccc(I)cc2)C[C@@H]2CC[C@H]1N2.COC(=O)[C@H]1[C@@H](c2ccc(I)cc2)C[C@@H]2CC[C@H]1N2CCCF.COC(=O)[C@H]1[C@@H](c2ccccc2)CC2CC[C@H]1N2C. The molecule has 26 atom stereocenters. The third-order valence-corrected chi connectivity index (χ3v) is 43.0. The summed E-state index contributed by atoms with van der Waals surface area (Å²) in [6.45, 7) is 3.45. The van der Waals surface area contributed by atoms with Crippen LogP contribution in [0.5, 0.6) is 0 Å². The molecule has 0 amide bonds. The zero-order chi connectivity index (χ0) is 102. The smallest absolute Gasteiger partial charge is 0.469 e. The number of likely N-dealkylation sites (N-methyl/N-ethyl adjacent to an activating group) is 1. The number of hydrogen-bond donors (Lipinski definition) is 1. The van der Waals surface area contributed by atoms with E-state index in [2.05, 4.69) is 291 Å². The van der Waals surface area contributed by atoms with E-state index in [1.165, 1.54) is 129 Å². The van der Waals surface area contributed by atoms with Crippen molar-refractivity contribution >= 4 is 132 Å². The van der Waals surface area contributed by atoms with E-state index in [4.69, 9.17) is 33.2 Å². The van der Waals surface area contributed by atoms with Crippen molar-refractivity contribution in [2.75, 3.05) is 111 Å². The maximum absolute atomic E-state index is 12.7. The molecule has 0 aromatic heterocycles. The molecular formula is C115H155F3I3N7O14Sn. The van der Waals surface area contributed by atoms with Crippen LogP contribution in [0.4, 0.5) is 13.2 Å². The van der Waals surface area contributed by atoms with Crippen LogP contribution in [0.15, 0.2) is 163 Å². The van der Waals surface area contributed by atoms with Gasteiger partial charge in [-0.25, -0.2) is 4.79 Å². The van der Waals surface area contributed by atoms with Gasteiger partial charge in [-0.15, -0.1) is 0 Å². The van der Waals surface area contributed by atoms with E-state index in [1.807, 2.05) is 12.1 Å². The fourth-order valence-corrected chi connectivity index (χ4v) is 32.2. The number of nitrogens with zero attached hydrogens (tertiary/aromatic N) is 6. The summed E-state index contributed by atoms with van der Waals surface area (Å²) in [5.41, 5.74) is 9.64. The number of nitrogens with one attached hydrogen (secondary N) is 1. The number of carbonyl (C=O) groups excluding carboxylic acids is 7. The van der Waals surface area contributed by atoms with E-state index in [0.717, 1.165) is 134 Å². The van der Waals surface area contributed by atoms with Crippen LogP contribution in [0.2, 0.25) is 14.8 Å². The van der Waals surface area contributed by atoms with Gasteiger partial charge in [-0.2, -0.15) is 0 Å². The minimum atomic E-state index is -2.07. The monoisotopic (exact) mass is 2420 g/mol. The van der Waals surface area contributed by atoms with E-state index >= 15 is 0 Å². The van der Waals surface area contributed by atoms with Crippen LogP contribution < -0.4 is 8.90 Å². The molecule has 0 saturated carbocycles. The quantitative estimate of drug-likeness (QED) is 0.0273. The van der Waals surface area contributed by atoms with Crippen molar-refractivity contribution in [3.63, 3.8) is 0 Å². The van der Waals surface area contributed by atoms with Crippen molar-refractivity contribution < 1.29 is 79.9 Å². The van der Waals surface area contributed by atoms with Gasteiger partial charge in [-0.05, 0) is 288 Å². The van der Waals surface area contributed by atoms with Gasteiger partial charge in [-0.1, -0.05) is 103 Å². The van der Waals surface area contributed by atoms with Crippen molar-refractivity contribution in [2.45, 2.75) is 296 Å². The third kappa shape index (κ3) is 26.4. The fourth-order valence-electron chi connectivity index (χ4n) is 27.8. The number of halogens is 6. The summed E-state index contributed by atoms with van der Waals surface area (Å²) < 4.78 is 78.5. The van der Waals surface area contributed by atoms with Crippen LogP contribution in [0.1, 0.15) is 229 Å². The summed E-state index contributed by atoms with van der Waals surface area (Å²) in [4.78, 5) is 107. The normalized spacial score (nSPS) is 31.6. The summed E-state index contributed by atoms with van der Waals surface area (Å²) in [5.74, 6) is 0.367. The Morgan fingerprint density at radius 1 is 0.343 bits per heavy atom. The third-order valence-electron chi connectivity index (χ3n) is 35.0. The second-order valence-corrected chi connectivity index (χ2v) is 61.4. The molecule has 14 aliphatic heterocycles. The fraction of sp³-hybridized carbons (Fsp3) is 0.609. The molecule has 3 unspecified atom stereocenters. The van der Waals surface area contributed by atoms with E-state index in [1.54, 1.807) is 0 Å². The van der Waals surface area contributed by atoms with Gasteiger partial charge in [0.1, 0.15) is 0 Å². The number of esters is 7. The van der Waals surface area contributed by atoms with Crippen molar-refractivity contribution in [1.82, 2.24) is 34.7 Å². The molecule has 0 radical (unpaired) electrons. The Kier molecular flexibility index (Phi) is 41.3. The molecule has 14 aliphatic rings. The molecule has 6 aromatic rings. The minimum absolute atomic E-state index is 0.0175. The Hall–Kier alpha value is -6.15. The topological polar surface area (TPSA) is 216 Å². The van der Waals surface area contributed by atoms with E-state index in [9.17, 15) is 46.7 Å². The Bertz CT molecular complexity index is 5090. The zero-order valence-corrected chi connectivity index (χ0v) is 95.7. The molecule has 6 aromatic carbocycles. The van der Waals surface area contributed by atoms with Gasteiger partial charge in [0, 0.05) is 126 Å². The minimum Gasteiger partial charge on any atom is -0.469 e. The molecule has 0 spiro atoms. The van der Waals surface area contributed by atoms with Crippen LogP contribution >= 0.6 is 67.8 Å². The van der Waals surface area contributed by atoms with Gasteiger partial charge in [0.25, 0.3) is 0 Å². The first kappa shape index (κ1) is 112. The predicted molar refractivity (Wildman–Crippen MR) is 582 cm³/mol. The maximum atomic E-state index is 12.7. The van der Waals surface area contributed by atoms with Gasteiger partial charge >= 0.3 is 197 Å². The van der Waals surface area contributed by atoms with E-state index < -0.39 is 18.4 Å². The van der Waals surface area contributed by atoms with E-state index in [-0.39, 0.29) is 139 Å². The number of alkyl halides is 3. The predicted octanol–water partition coefficient (Wildman–Crippen LogP) is 20.0. The summed E-state index contributed by atoms with van der Waals surface area (Å²) in [5, 5.41) is 3.56. The number of aryl methyl sites for hydroxylation is 1. The molecule has 14 heterocycles. The Morgan fingerprint density at radius 3 is 1.00 bits per heavy atom. The van der Waals surface area contributed by atoms with Gasteiger partial charge in [-0.3, -0.25) is 57.3 Å². The molecule has 28 heteroatoms. The Balaban J connectivity index is 0.000000133. The molecule has 1 N–H and O–H groups in total. The number of rotatable bonds is 23. The van der Waals surface area contributed by atoms with Gasteiger partial charge in [0.2, 0.25) is 0 Å². The van der Waals surface area contributed by atoms with Crippen molar-refractivity contribution in [3.8, 4) is 0 Å². The van der Waals surface area contributed by atoms with Crippen molar-refractivity contribution in [1.29, 1.82) is 0 Å². The summed E-state index contributed by atoms with van der Waals surface area (Å²) in [6, 6.07) is 59.4. The number of fused-ring (bicyclic) bond motifs is 14. The number of benzene rings is 6. The van der Waals surface area contributed by atoms with Gasteiger partial charge in [0.15, 0.2) is 0 Å². The number of ether oxygens (including phenoxy) is 7. The number of methoxy groups -OCH3 is 7. The summed E-state index contributed by atoms with van der Waals surface area (Å²) >= 11 is 4.86. The van der Waals surface area contributed by atoms with Crippen LogP contribution in [-0.2, 0) is 66.7 Å². The molecule has 780 valence electrons. The first-order valence-electron chi connectivity index (χ1n) is 52.5. The standard InChI is InChI=1S/C19H26FNO2.C18H23FINO2.C18H23FNO2.C16H20INO2.C16H21NO2.C15H18INO2.C10H15NO2.3CH3.Sn/c1-13-4-6-14(7-5-13)16-12-15-8-9-17(18(16)19(22)23-2)21(15)11-3-10-20;1-23-18(22)17-15(12-3-5-13(20)6-4-12)11-14-7-8-16(17)21(14)10-2-9-19;1-22-18(21)17-15(13-6-3-2-4-7-13)12-14-8-9-16(17)20(14)11-5-10-19;1-18-12-7-8-14(18)15(16(19)20-2)13(9-12)10-3-5-11(17)6-4-10;1-17-12-8-9-14(17)15(16(18)19-2)13(10-12)11-6-4-3-5-7-11;1-19-15(18)14-12(8-11-6-7-13(14)17-11)9-2-4-10(16)5-3-9;1-11-7-3-5-8(10(12)13-2)9(11)6-4-7;;;;/h4-7,15-18H,3,8-12H2,1-2H3;3-6,14-17H,2,7-11H2,1H3;3-4,6-7,14-17H,5,8-12H2,1H3;3-6,12-15H,7-9H2,1-2H3;3-7,12-15H,8-10H2,1-2H3;2-5,11-14,17H,6-8H2,1H3;5,7,9H,3-4,6H2,1-2H3;3*1H3;/t15-,16+,17+,18-;2*14-,15+,16+,17-;2*12?,13-,14-,15+;11-,12+,13+,14-;7?,9-;;;;/m0001101..../s1. The summed E-state index contributed by atoms with van der Waals surface area (Å²) in [6.07, 6.45) is 26.3. The molecule has 143 heavy (non-hydrogen) atoms. The first-order valence-corrected chi connectivity index (χ1v) is 65.8. The van der Waals surface area contributed by atoms with Gasteiger partial charge < -0.3 is 33.7 Å². The van der Waals surface area contributed by atoms with Gasteiger partial charge in [0.05, 0.1) is 91.2 Å². The second-order valence-electron chi connectivity index (χ2n) is 43.2. The number of carbonyl (C=O) groups is 7. The molecule has 20 rings (SSSR count). The molecule has 21 nitrogen and oxygen atoms in total. The first-order chi connectivity index (χ1) is 68.9. The van der Waals surface area contributed by atoms with E-state index in [0.29, 0.717) is 97.4 Å². The van der Waals surface area contributed by atoms with Crippen LogP contribution in [0, 0.1) is 53.1 Å². The molecular weight excluding hydrogens is 2260 g/mol. The van der Waals surface area contributed by atoms with Crippen LogP contribution in [0.25, 0.3) is 0 Å². The van der Waals surface area contributed by atoms with Crippen LogP contribution in [0.3, 0.4) is 0 Å². The average molecular weight is 2420 g/mol. The van der Waals surface area contributed by atoms with Crippen molar-refractivity contribution in [3.05, 3.63) is 213 Å². The molecule has 14 bridgehead atoms. The Labute approximate surface area is 893 Å². The molecule has 13 fully saturated rings. The summed E-state index contributed by atoms with van der Waals surface area (Å²) in [7, 11) is 16.8. The van der Waals surface area contributed by atoms with Crippen LogP contribution in [-0.4, -0.2) is 285 Å². The average Bonchev–Trinajstić information content (AvgIpc) is 1.64. The zero-order valence-electron chi connectivity index (χ0n) is 86.4. The number of hydrogen-bond acceptors (Lipinski definition) is 21. The molecule has 0 aliphatic carbocycles.